The van der Waals surface area contributed by atoms with E-state index in [1.807, 2.05) is 0 Å². The first kappa shape index (κ1) is 9.21. The van der Waals surface area contributed by atoms with Crippen molar-refractivity contribution < 1.29 is 9.47 Å². The zero-order chi connectivity index (χ0) is 9.80. The summed E-state index contributed by atoms with van der Waals surface area (Å²) in [5, 5.41) is 0. The molecule has 1 unspecified atom stereocenters. The summed E-state index contributed by atoms with van der Waals surface area (Å²) >= 11 is 0. The molecule has 1 N–H and O–H groups in total. The Labute approximate surface area is 81.1 Å². The Morgan fingerprint density at radius 2 is 2.64 bits per heavy atom. The second-order valence-electron chi connectivity index (χ2n) is 3.17. The van der Waals surface area contributed by atoms with Gasteiger partial charge in [0, 0.05) is 19.0 Å². The Kier molecular flexibility index (Phi) is 2.78. The van der Waals surface area contributed by atoms with E-state index < -0.39 is 0 Å². The number of hydrogen-bond donors (Lipinski definition) is 1. The second-order valence-corrected chi connectivity index (χ2v) is 3.17. The summed E-state index contributed by atoms with van der Waals surface area (Å²) in [4.78, 5) is 17.4. The highest BCUT2D eigenvalue weighted by Crippen LogP contribution is 2.12. The first-order valence-electron chi connectivity index (χ1n) is 4.64. The summed E-state index contributed by atoms with van der Waals surface area (Å²) in [5.41, 5.74) is -0.300. The Morgan fingerprint density at radius 3 is 3.36 bits per heavy atom. The molecule has 0 amide bonds. The van der Waals surface area contributed by atoms with Crippen molar-refractivity contribution in [1.29, 1.82) is 0 Å². The van der Waals surface area contributed by atoms with Gasteiger partial charge in [-0.2, -0.15) is 0 Å². The normalized spacial score (nSPS) is 21.0. The van der Waals surface area contributed by atoms with Gasteiger partial charge >= 0.3 is 5.56 Å². The first-order chi connectivity index (χ1) is 6.86. The van der Waals surface area contributed by atoms with Gasteiger partial charge in [0.05, 0.1) is 6.10 Å². The molecule has 5 heteroatoms. The lowest BCUT2D eigenvalue weighted by atomic mass is 10.2. The summed E-state index contributed by atoms with van der Waals surface area (Å²) in [6.45, 7) is 1.19. The zero-order valence-electron chi connectivity index (χ0n) is 7.73. The van der Waals surface area contributed by atoms with Gasteiger partial charge in [-0.05, 0) is 12.8 Å². The van der Waals surface area contributed by atoms with Crippen LogP contribution in [0.5, 0.6) is 5.88 Å². The highest BCUT2D eigenvalue weighted by Gasteiger charge is 2.16. The average Bonchev–Trinajstić information content (AvgIpc) is 2.69. The van der Waals surface area contributed by atoms with Crippen LogP contribution in [0.4, 0.5) is 0 Å². The molecule has 1 aliphatic heterocycles. The van der Waals surface area contributed by atoms with Gasteiger partial charge in [-0.15, -0.1) is 0 Å². The predicted molar refractivity (Wildman–Crippen MR) is 49.3 cm³/mol. The molecular weight excluding hydrogens is 184 g/mol. The summed E-state index contributed by atoms with van der Waals surface area (Å²) in [6, 6.07) is 0. The lowest BCUT2D eigenvalue weighted by molar-refractivity contribution is 0.0657. The molecule has 0 aromatic carbocycles. The molecule has 1 aromatic heterocycles. The van der Waals surface area contributed by atoms with Gasteiger partial charge in [0.15, 0.2) is 0 Å². The van der Waals surface area contributed by atoms with Crippen molar-refractivity contribution in [2.75, 3.05) is 13.2 Å². The van der Waals surface area contributed by atoms with Crippen LogP contribution < -0.4 is 10.3 Å². The molecule has 14 heavy (non-hydrogen) atoms. The molecule has 0 aliphatic carbocycles. The molecule has 76 valence electrons. The molecule has 0 radical (unpaired) electrons. The van der Waals surface area contributed by atoms with Crippen molar-refractivity contribution in [2.24, 2.45) is 0 Å². The van der Waals surface area contributed by atoms with E-state index in [-0.39, 0.29) is 17.5 Å². The van der Waals surface area contributed by atoms with Crippen molar-refractivity contribution in [3.63, 3.8) is 0 Å². The third kappa shape index (κ3) is 2.11. The maximum absolute atomic E-state index is 11.1. The van der Waals surface area contributed by atoms with Crippen LogP contribution in [0.25, 0.3) is 0 Å². The van der Waals surface area contributed by atoms with E-state index in [2.05, 4.69) is 9.97 Å². The monoisotopic (exact) mass is 196 g/mol. The van der Waals surface area contributed by atoms with Gasteiger partial charge in [0.1, 0.15) is 6.61 Å². The minimum Gasteiger partial charge on any atom is -0.471 e. The average molecular weight is 196 g/mol. The molecule has 1 saturated heterocycles. The number of nitrogens with zero attached hydrogens (tertiary/aromatic N) is 1. The molecule has 1 atom stereocenters. The number of nitrogens with one attached hydrogen (secondary N) is 1. The zero-order valence-corrected chi connectivity index (χ0v) is 7.73. The molecule has 1 aromatic rings. The van der Waals surface area contributed by atoms with Crippen LogP contribution in [-0.2, 0) is 4.74 Å². The number of ether oxygens (including phenoxy) is 2. The Hall–Kier alpha value is -1.36. The Bertz CT molecular complexity index is 344. The fourth-order valence-corrected chi connectivity index (χ4v) is 1.39. The summed E-state index contributed by atoms with van der Waals surface area (Å²) < 4.78 is 10.6. The molecule has 1 fully saturated rings. The third-order valence-corrected chi connectivity index (χ3v) is 2.10. The summed E-state index contributed by atoms with van der Waals surface area (Å²) in [7, 11) is 0. The van der Waals surface area contributed by atoms with Crippen molar-refractivity contribution in [3.05, 3.63) is 22.7 Å². The third-order valence-electron chi connectivity index (χ3n) is 2.10. The Balaban J connectivity index is 1.91. The molecule has 2 rings (SSSR count). The van der Waals surface area contributed by atoms with Gasteiger partial charge in [-0.25, -0.2) is 4.98 Å². The number of rotatable bonds is 3. The van der Waals surface area contributed by atoms with Crippen LogP contribution in [0, 0.1) is 0 Å². The van der Waals surface area contributed by atoms with Crippen molar-refractivity contribution in [3.8, 4) is 5.88 Å². The number of aromatic nitrogens is 2. The quantitative estimate of drug-likeness (QED) is 0.756. The highest BCUT2D eigenvalue weighted by atomic mass is 16.5. The minimum absolute atomic E-state index is 0.108. The molecule has 1 aliphatic rings. The SMILES string of the molecule is O=c1[nH]ccnc1OCC1CCCO1. The molecule has 5 nitrogen and oxygen atoms in total. The van der Waals surface area contributed by atoms with Crippen molar-refractivity contribution >= 4 is 0 Å². The maximum atomic E-state index is 11.1. The molecule has 2 heterocycles. The lowest BCUT2D eigenvalue weighted by Gasteiger charge is -2.09. The molecule has 0 saturated carbocycles. The van der Waals surface area contributed by atoms with Crippen LogP contribution >= 0.6 is 0 Å². The van der Waals surface area contributed by atoms with Crippen molar-refractivity contribution in [2.45, 2.75) is 18.9 Å². The van der Waals surface area contributed by atoms with Gasteiger partial charge in [-0.1, -0.05) is 0 Å². The second kappa shape index (κ2) is 4.23. The van der Waals surface area contributed by atoms with Crippen molar-refractivity contribution in [1.82, 2.24) is 9.97 Å². The number of H-pyrrole nitrogens is 1. The van der Waals surface area contributed by atoms with E-state index in [0.717, 1.165) is 19.4 Å². The van der Waals surface area contributed by atoms with E-state index in [1.165, 1.54) is 12.4 Å². The van der Waals surface area contributed by atoms with E-state index in [9.17, 15) is 4.79 Å². The van der Waals surface area contributed by atoms with E-state index in [4.69, 9.17) is 9.47 Å². The minimum atomic E-state index is -0.300. The molecule has 0 spiro atoms. The van der Waals surface area contributed by atoms with Gasteiger partial charge in [-0.3, -0.25) is 4.79 Å². The van der Waals surface area contributed by atoms with E-state index in [1.54, 1.807) is 0 Å². The van der Waals surface area contributed by atoms with Crippen LogP contribution in [0.15, 0.2) is 17.2 Å². The van der Waals surface area contributed by atoms with Gasteiger partial charge in [0.2, 0.25) is 0 Å². The van der Waals surface area contributed by atoms with Crippen LogP contribution in [0.3, 0.4) is 0 Å². The topological polar surface area (TPSA) is 64.2 Å². The number of aromatic amines is 1. The van der Waals surface area contributed by atoms with Gasteiger partial charge in [0.25, 0.3) is 5.88 Å². The lowest BCUT2D eigenvalue weighted by Crippen LogP contribution is -2.20. The fraction of sp³-hybridized carbons (Fsp3) is 0.556. The summed E-state index contributed by atoms with van der Waals surface area (Å²) in [6.07, 6.45) is 5.13. The van der Waals surface area contributed by atoms with Crippen LogP contribution in [0.2, 0.25) is 0 Å². The fourth-order valence-electron chi connectivity index (χ4n) is 1.39. The van der Waals surface area contributed by atoms with E-state index >= 15 is 0 Å². The standard InChI is InChI=1S/C9H12N2O3/c12-8-9(11-4-3-10-8)14-6-7-2-1-5-13-7/h3-4,7H,1-2,5-6H2,(H,10,12). The van der Waals surface area contributed by atoms with Crippen LogP contribution in [-0.4, -0.2) is 29.3 Å². The van der Waals surface area contributed by atoms with Crippen LogP contribution in [0.1, 0.15) is 12.8 Å². The summed E-state index contributed by atoms with van der Waals surface area (Å²) in [5.74, 6) is 0.114. The van der Waals surface area contributed by atoms with E-state index in [0.29, 0.717) is 6.61 Å². The van der Waals surface area contributed by atoms with Gasteiger partial charge < -0.3 is 14.5 Å². The predicted octanol–water partition coefficient (Wildman–Crippen LogP) is 0.328. The largest absolute Gasteiger partial charge is 0.471 e. The maximum Gasteiger partial charge on any atom is 0.310 e. The molecular formula is C9H12N2O3. The number of hydrogen-bond acceptors (Lipinski definition) is 4. The molecule has 0 bridgehead atoms. The Morgan fingerprint density at radius 1 is 1.71 bits per heavy atom. The smallest absolute Gasteiger partial charge is 0.310 e. The first-order valence-corrected chi connectivity index (χ1v) is 4.64. The highest BCUT2D eigenvalue weighted by molar-refractivity contribution is 5.02.